The van der Waals surface area contributed by atoms with Crippen molar-refractivity contribution in [1.82, 2.24) is 9.78 Å². The lowest BCUT2D eigenvalue weighted by atomic mass is 10.0. The van der Waals surface area contributed by atoms with E-state index in [0.29, 0.717) is 24.2 Å². The van der Waals surface area contributed by atoms with Crippen LogP contribution in [0, 0.1) is 5.41 Å². The Labute approximate surface area is 168 Å². The number of hydrogen-bond donors (Lipinski definition) is 2. The number of carboxylic acid groups (broad SMARTS) is 1. The predicted molar refractivity (Wildman–Crippen MR) is 109 cm³/mol. The molecule has 0 aliphatic rings. The summed E-state index contributed by atoms with van der Waals surface area (Å²) in [6.45, 7) is 0.346. The van der Waals surface area contributed by atoms with Gasteiger partial charge in [-0.1, -0.05) is 12.1 Å². The van der Waals surface area contributed by atoms with Gasteiger partial charge >= 0.3 is 5.97 Å². The maximum atomic E-state index is 10.9. The highest BCUT2D eigenvalue weighted by molar-refractivity contribution is 5.70. The van der Waals surface area contributed by atoms with E-state index in [1.54, 1.807) is 18.9 Å². The first kappa shape index (κ1) is 20.1. The summed E-state index contributed by atoms with van der Waals surface area (Å²) in [4.78, 5) is 10.9. The van der Waals surface area contributed by atoms with Crippen molar-refractivity contribution in [1.29, 1.82) is 5.41 Å². The molecule has 1 heterocycles. The molecule has 1 aromatic heterocycles. The van der Waals surface area contributed by atoms with Crippen molar-refractivity contribution < 1.29 is 19.4 Å². The number of ether oxygens (including phenoxy) is 2. The van der Waals surface area contributed by atoms with Gasteiger partial charge in [-0.3, -0.25) is 10.2 Å². The van der Waals surface area contributed by atoms with Gasteiger partial charge < -0.3 is 14.6 Å². The quantitative estimate of drug-likeness (QED) is 0.610. The molecule has 0 aliphatic carbocycles. The molecule has 0 radical (unpaired) electrons. The van der Waals surface area contributed by atoms with E-state index in [2.05, 4.69) is 5.10 Å². The summed E-state index contributed by atoms with van der Waals surface area (Å²) in [5.41, 5.74) is 3.39. The number of aliphatic carboxylic acids is 1. The van der Waals surface area contributed by atoms with E-state index in [0.717, 1.165) is 22.6 Å². The Morgan fingerprint density at radius 1 is 1.00 bits per heavy atom. The van der Waals surface area contributed by atoms with Gasteiger partial charge in [-0.15, -0.1) is 0 Å². The van der Waals surface area contributed by atoms with E-state index in [9.17, 15) is 4.79 Å². The molecule has 0 saturated carbocycles. The number of aryl methyl sites for hydroxylation is 1. The van der Waals surface area contributed by atoms with Gasteiger partial charge in [-0.2, -0.15) is 5.10 Å². The van der Waals surface area contributed by atoms with Gasteiger partial charge in [0.05, 0.1) is 19.9 Å². The zero-order chi connectivity index (χ0) is 20.8. The summed E-state index contributed by atoms with van der Waals surface area (Å²) in [6, 6.07) is 16.9. The van der Waals surface area contributed by atoms with E-state index in [-0.39, 0.29) is 11.9 Å². The average Bonchev–Trinajstić information content (AvgIpc) is 2.75. The summed E-state index contributed by atoms with van der Waals surface area (Å²) >= 11 is 0. The van der Waals surface area contributed by atoms with Crippen LogP contribution in [-0.2, 0) is 11.3 Å². The summed E-state index contributed by atoms with van der Waals surface area (Å²) < 4.78 is 12.0. The third kappa shape index (κ3) is 4.82. The van der Waals surface area contributed by atoms with E-state index in [1.807, 2.05) is 54.6 Å². The molecule has 7 nitrogen and oxygen atoms in total. The van der Waals surface area contributed by atoms with Crippen LogP contribution in [0.15, 0.2) is 54.6 Å². The van der Waals surface area contributed by atoms with E-state index < -0.39 is 5.97 Å². The molecule has 7 heteroatoms. The number of rotatable bonds is 8. The SMILES string of the molecule is COc1ccc(-c2cc(-c3ccc(OC)cc3)c(=N)n(CCCC(=O)O)n2)cc1. The summed E-state index contributed by atoms with van der Waals surface area (Å²) in [7, 11) is 3.22. The van der Waals surface area contributed by atoms with Crippen molar-refractivity contribution in [3.63, 3.8) is 0 Å². The van der Waals surface area contributed by atoms with Crippen molar-refractivity contribution in [2.24, 2.45) is 0 Å². The molecule has 0 fully saturated rings. The fourth-order valence-electron chi connectivity index (χ4n) is 2.99. The number of benzene rings is 2. The number of aromatic nitrogens is 2. The fourth-order valence-corrected chi connectivity index (χ4v) is 2.99. The smallest absolute Gasteiger partial charge is 0.303 e. The zero-order valence-corrected chi connectivity index (χ0v) is 16.4. The van der Waals surface area contributed by atoms with Crippen molar-refractivity contribution in [2.75, 3.05) is 14.2 Å². The predicted octanol–water partition coefficient (Wildman–Crippen LogP) is 3.58. The second-order valence-electron chi connectivity index (χ2n) is 6.47. The first-order chi connectivity index (χ1) is 14.0. The Bertz CT molecular complexity index is 1040. The largest absolute Gasteiger partial charge is 0.497 e. The third-order valence-electron chi connectivity index (χ3n) is 4.57. The number of nitrogens with zero attached hydrogens (tertiary/aromatic N) is 2. The number of carbonyl (C=O) groups is 1. The lowest BCUT2D eigenvalue weighted by Gasteiger charge is -2.13. The van der Waals surface area contributed by atoms with Crippen LogP contribution in [0.3, 0.4) is 0 Å². The number of methoxy groups -OCH3 is 2. The summed E-state index contributed by atoms with van der Waals surface area (Å²) in [6.07, 6.45) is 0.422. The van der Waals surface area contributed by atoms with Crippen molar-refractivity contribution in [3.05, 3.63) is 60.1 Å². The van der Waals surface area contributed by atoms with E-state index >= 15 is 0 Å². The van der Waals surface area contributed by atoms with E-state index in [1.165, 1.54) is 0 Å². The number of carboxylic acids is 1. The van der Waals surface area contributed by atoms with Gasteiger partial charge in [0.2, 0.25) is 0 Å². The first-order valence-electron chi connectivity index (χ1n) is 9.19. The van der Waals surface area contributed by atoms with Gasteiger partial charge in [-0.05, 0) is 54.4 Å². The van der Waals surface area contributed by atoms with E-state index in [4.69, 9.17) is 20.0 Å². The first-order valence-corrected chi connectivity index (χ1v) is 9.19. The Hall–Kier alpha value is -3.61. The standard InChI is InChI=1S/C22H23N3O4/c1-28-17-9-5-15(6-10-17)19-14-20(16-7-11-18(29-2)12-8-16)24-25(22(19)23)13-3-4-21(26)27/h5-12,14,23H,3-4,13H2,1-2H3,(H,26,27). The molecule has 0 bridgehead atoms. The Kier molecular flexibility index (Phi) is 6.29. The molecule has 2 aromatic carbocycles. The molecular weight excluding hydrogens is 370 g/mol. The molecule has 150 valence electrons. The second kappa shape index (κ2) is 9.05. The van der Waals surface area contributed by atoms with Crippen LogP contribution < -0.4 is 15.0 Å². The highest BCUT2D eigenvalue weighted by Gasteiger charge is 2.11. The van der Waals surface area contributed by atoms with Gasteiger partial charge in [-0.25, -0.2) is 4.68 Å². The van der Waals surface area contributed by atoms with Crippen molar-refractivity contribution >= 4 is 5.97 Å². The van der Waals surface area contributed by atoms with Gasteiger partial charge in [0, 0.05) is 24.1 Å². The van der Waals surface area contributed by atoms with Crippen LogP contribution in [-0.4, -0.2) is 35.1 Å². The Morgan fingerprint density at radius 3 is 2.07 bits per heavy atom. The Balaban J connectivity index is 2.06. The molecule has 0 unspecified atom stereocenters. The highest BCUT2D eigenvalue weighted by atomic mass is 16.5. The monoisotopic (exact) mass is 393 g/mol. The van der Waals surface area contributed by atoms with Crippen LogP contribution in [0.25, 0.3) is 22.4 Å². The molecule has 3 rings (SSSR count). The van der Waals surface area contributed by atoms with Crippen molar-refractivity contribution in [2.45, 2.75) is 19.4 Å². The minimum absolute atomic E-state index is 0.0265. The molecule has 2 N–H and O–H groups in total. The summed E-state index contributed by atoms with van der Waals surface area (Å²) in [5, 5.41) is 22.1. The van der Waals surface area contributed by atoms with Crippen molar-refractivity contribution in [3.8, 4) is 33.9 Å². The molecule has 0 atom stereocenters. The summed E-state index contributed by atoms with van der Waals surface area (Å²) in [5.74, 6) is 0.619. The lowest BCUT2D eigenvalue weighted by molar-refractivity contribution is -0.137. The van der Waals surface area contributed by atoms with Gasteiger partial charge in [0.1, 0.15) is 17.0 Å². The molecular formula is C22H23N3O4. The topological polar surface area (TPSA) is 97.4 Å². The minimum Gasteiger partial charge on any atom is -0.497 e. The zero-order valence-electron chi connectivity index (χ0n) is 16.4. The average molecular weight is 393 g/mol. The highest BCUT2D eigenvalue weighted by Crippen LogP contribution is 2.25. The fraction of sp³-hybridized carbons (Fsp3) is 0.227. The number of nitrogens with one attached hydrogen (secondary N) is 1. The maximum absolute atomic E-state index is 10.9. The third-order valence-corrected chi connectivity index (χ3v) is 4.57. The minimum atomic E-state index is -0.862. The van der Waals surface area contributed by atoms with Crippen LogP contribution in [0.4, 0.5) is 0 Å². The van der Waals surface area contributed by atoms with Crippen LogP contribution in [0.2, 0.25) is 0 Å². The van der Waals surface area contributed by atoms with Gasteiger partial charge in [0.25, 0.3) is 0 Å². The van der Waals surface area contributed by atoms with Gasteiger partial charge in [0.15, 0.2) is 0 Å². The molecule has 29 heavy (non-hydrogen) atoms. The Morgan fingerprint density at radius 2 is 1.55 bits per heavy atom. The van der Waals surface area contributed by atoms with Crippen LogP contribution in [0.1, 0.15) is 12.8 Å². The molecule has 0 spiro atoms. The second-order valence-corrected chi connectivity index (χ2v) is 6.47. The normalized spacial score (nSPS) is 10.6. The molecule has 0 amide bonds. The molecule has 0 saturated heterocycles. The lowest BCUT2D eigenvalue weighted by Crippen LogP contribution is -2.25. The maximum Gasteiger partial charge on any atom is 0.303 e. The number of hydrogen-bond acceptors (Lipinski definition) is 5. The molecule has 3 aromatic rings. The van der Waals surface area contributed by atoms with Crippen LogP contribution in [0.5, 0.6) is 11.5 Å². The molecule has 0 aliphatic heterocycles. The van der Waals surface area contributed by atoms with Crippen LogP contribution >= 0.6 is 0 Å².